The molecule has 0 radical (unpaired) electrons. The van der Waals surface area contributed by atoms with Crippen LogP contribution in [0, 0.1) is 0 Å². The molecule has 0 aliphatic carbocycles. The lowest BCUT2D eigenvalue weighted by Crippen LogP contribution is -2.44. The maximum absolute atomic E-state index is 12.7. The summed E-state index contributed by atoms with van der Waals surface area (Å²) < 4.78 is 23.5. The molecule has 0 aromatic heterocycles. The molecule has 0 bridgehead atoms. The SMILES string of the molecule is O=C(CN(C(=O)CCl)C1CCS(=O)(=O)C1)c1ccc(-c2ccccc2)cc1. The molecule has 1 saturated heterocycles. The minimum Gasteiger partial charge on any atom is -0.330 e. The van der Waals surface area contributed by atoms with Crippen LogP contribution in [0.1, 0.15) is 16.8 Å². The van der Waals surface area contributed by atoms with Gasteiger partial charge in [0, 0.05) is 11.6 Å². The van der Waals surface area contributed by atoms with E-state index in [0.717, 1.165) is 11.1 Å². The fourth-order valence-corrected chi connectivity index (χ4v) is 5.13. The van der Waals surface area contributed by atoms with Crippen LogP contribution in [0.25, 0.3) is 11.1 Å². The van der Waals surface area contributed by atoms with E-state index in [2.05, 4.69) is 0 Å². The molecule has 1 heterocycles. The molecule has 0 N–H and O–H groups in total. The molecule has 0 spiro atoms. The number of Topliss-reactive ketones (excluding diaryl/α,β-unsaturated/α-hetero) is 1. The molecule has 2 aromatic rings. The second kappa shape index (κ2) is 8.23. The molecular weight excluding hydrogens is 386 g/mol. The molecule has 1 unspecified atom stereocenters. The number of halogens is 1. The number of alkyl halides is 1. The number of carbonyl (C=O) groups excluding carboxylic acids is 2. The molecule has 7 heteroatoms. The number of ketones is 1. The van der Waals surface area contributed by atoms with Crippen molar-refractivity contribution in [2.24, 2.45) is 0 Å². The molecule has 0 saturated carbocycles. The van der Waals surface area contributed by atoms with E-state index in [0.29, 0.717) is 12.0 Å². The van der Waals surface area contributed by atoms with Crippen molar-refractivity contribution in [3.05, 3.63) is 60.2 Å². The minimum absolute atomic E-state index is 0.0314. The van der Waals surface area contributed by atoms with Crippen molar-refractivity contribution in [1.82, 2.24) is 4.90 Å². The number of nitrogens with zero attached hydrogens (tertiary/aromatic N) is 1. The van der Waals surface area contributed by atoms with Crippen LogP contribution in [-0.2, 0) is 14.6 Å². The summed E-state index contributed by atoms with van der Waals surface area (Å²) in [6.45, 7) is -0.170. The van der Waals surface area contributed by atoms with Gasteiger partial charge in [0.2, 0.25) is 5.91 Å². The normalized spacial score (nSPS) is 18.2. The van der Waals surface area contributed by atoms with Crippen LogP contribution >= 0.6 is 11.6 Å². The van der Waals surface area contributed by atoms with Crippen LogP contribution < -0.4 is 0 Å². The number of sulfone groups is 1. The first-order valence-corrected chi connectivity index (χ1v) is 11.0. The molecule has 1 amide bonds. The van der Waals surface area contributed by atoms with E-state index in [4.69, 9.17) is 11.6 Å². The fraction of sp³-hybridized carbons (Fsp3) is 0.300. The second-order valence-corrected chi connectivity index (χ2v) is 9.07. The van der Waals surface area contributed by atoms with Crippen molar-refractivity contribution in [2.75, 3.05) is 23.9 Å². The highest BCUT2D eigenvalue weighted by Gasteiger charge is 2.35. The summed E-state index contributed by atoms with van der Waals surface area (Å²) in [5, 5.41) is 0. The van der Waals surface area contributed by atoms with Gasteiger partial charge in [0.15, 0.2) is 15.6 Å². The third-order valence-corrected chi connectivity index (χ3v) is 6.69. The highest BCUT2D eigenvalue weighted by atomic mass is 35.5. The Morgan fingerprint density at radius 1 is 1.00 bits per heavy atom. The third kappa shape index (κ3) is 4.76. The summed E-state index contributed by atoms with van der Waals surface area (Å²) in [4.78, 5) is 26.1. The van der Waals surface area contributed by atoms with Crippen molar-refractivity contribution >= 4 is 33.1 Å². The number of hydrogen-bond acceptors (Lipinski definition) is 4. The lowest BCUT2D eigenvalue weighted by Gasteiger charge is -2.27. The Morgan fingerprint density at radius 2 is 1.63 bits per heavy atom. The average molecular weight is 406 g/mol. The standard InChI is InChI=1S/C20H20ClNO4S/c21-12-20(24)22(18-10-11-27(25,26)14-18)13-19(23)17-8-6-16(7-9-17)15-4-2-1-3-5-15/h1-9,18H,10-14H2. The molecule has 2 aromatic carbocycles. The van der Waals surface area contributed by atoms with Crippen LogP contribution in [0.3, 0.4) is 0 Å². The third-order valence-electron chi connectivity index (χ3n) is 4.71. The smallest absolute Gasteiger partial charge is 0.238 e. The molecular formula is C20H20ClNO4S. The zero-order valence-corrected chi connectivity index (χ0v) is 16.2. The topological polar surface area (TPSA) is 71.5 Å². The van der Waals surface area contributed by atoms with Crippen molar-refractivity contribution in [2.45, 2.75) is 12.5 Å². The van der Waals surface area contributed by atoms with Gasteiger partial charge in [-0.25, -0.2) is 8.42 Å². The fourth-order valence-electron chi connectivity index (χ4n) is 3.24. The largest absolute Gasteiger partial charge is 0.330 e. The molecule has 1 aliphatic heterocycles. The zero-order chi connectivity index (χ0) is 19.4. The minimum atomic E-state index is -3.17. The van der Waals surface area contributed by atoms with Gasteiger partial charge in [-0.15, -0.1) is 11.6 Å². The predicted molar refractivity (Wildman–Crippen MR) is 106 cm³/mol. The van der Waals surface area contributed by atoms with Gasteiger partial charge < -0.3 is 4.90 Å². The Labute approximate surface area is 163 Å². The van der Waals surface area contributed by atoms with Crippen LogP contribution in [0.2, 0.25) is 0 Å². The van der Waals surface area contributed by atoms with Gasteiger partial charge in [0.25, 0.3) is 0 Å². The highest BCUT2D eigenvalue weighted by molar-refractivity contribution is 7.91. The van der Waals surface area contributed by atoms with Crippen LogP contribution in [0.15, 0.2) is 54.6 Å². The summed E-state index contributed by atoms with van der Waals surface area (Å²) in [5.41, 5.74) is 2.51. The monoisotopic (exact) mass is 405 g/mol. The van der Waals surface area contributed by atoms with Gasteiger partial charge in [0.05, 0.1) is 18.1 Å². The number of rotatable bonds is 6. The van der Waals surface area contributed by atoms with E-state index in [-0.39, 0.29) is 29.7 Å². The summed E-state index contributed by atoms with van der Waals surface area (Å²) in [6.07, 6.45) is 0.338. The Balaban J connectivity index is 1.75. The Bertz CT molecular complexity index is 926. The average Bonchev–Trinajstić information content (AvgIpc) is 3.05. The number of carbonyl (C=O) groups is 2. The van der Waals surface area contributed by atoms with E-state index in [9.17, 15) is 18.0 Å². The van der Waals surface area contributed by atoms with Crippen LogP contribution in [0.5, 0.6) is 0 Å². The van der Waals surface area contributed by atoms with Crippen molar-refractivity contribution in [3.63, 3.8) is 0 Å². The summed E-state index contributed by atoms with van der Waals surface area (Å²) >= 11 is 5.66. The maximum atomic E-state index is 12.7. The van der Waals surface area contributed by atoms with Gasteiger partial charge in [-0.05, 0) is 17.5 Å². The number of benzene rings is 2. The second-order valence-electron chi connectivity index (χ2n) is 6.58. The molecule has 142 valence electrons. The zero-order valence-electron chi connectivity index (χ0n) is 14.7. The summed E-state index contributed by atoms with van der Waals surface area (Å²) in [7, 11) is -3.17. The lowest BCUT2D eigenvalue weighted by atomic mass is 10.0. The first-order chi connectivity index (χ1) is 12.9. The van der Waals surface area contributed by atoms with Crippen LogP contribution in [-0.4, -0.2) is 55.0 Å². The lowest BCUT2D eigenvalue weighted by molar-refractivity contribution is -0.129. The first-order valence-electron chi connectivity index (χ1n) is 8.64. The quantitative estimate of drug-likeness (QED) is 0.547. The maximum Gasteiger partial charge on any atom is 0.238 e. The number of amides is 1. The van der Waals surface area contributed by atoms with Crippen molar-refractivity contribution in [1.29, 1.82) is 0 Å². The van der Waals surface area contributed by atoms with Gasteiger partial charge >= 0.3 is 0 Å². The van der Waals surface area contributed by atoms with Crippen molar-refractivity contribution in [3.8, 4) is 11.1 Å². The first kappa shape index (κ1) is 19.6. The molecule has 5 nitrogen and oxygen atoms in total. The van der Waals surface area contributed by atoms with E-state index in [1.165, 1.54) is 4.90 Å². The summed E-state index contributed by atoms with van der Waals surface area (Å²) in [6, 6.07) is 16.5. The molecule has 3 rings (SSSR count). The highest BCUT2D eigenvalue weighted by Crippen LogP contribution is 2.21. The Kier molecular flexibility index (Phi) is 5.97. The Hall–Kier alpha value is -2.18. The van der Waals surface area contributed by atoms with Gasteiger partial charge in [0.1, 0.15) is 5.88 Å². The van der Waals surface area contributed by atoms with E-state index >= 15 is 0 Å². The van der Waals surface area contributed by atoms with Crippen molar-refractivity contribution < 1.29 is 18.0 Å². The summed E-state index contributed by atoms with van der Waals surface area (Å²) in [5.74, 6) is -1.03. The number of hydrogen-bond donors (Lipinski definition) is 0. The molecule has 1 fully saturated rings. The molecule has 1 atom stereocenters. The van der Waals surface area contributed by atoms with Gasteiger partial charge in [-0.3, -0.25) is 9.59 Å². The van der Waals surface area contributed by atoms with Gasteiger partial charge in [-0.2, -0.15) is 0 Å². The van der Waals surface area contributed by atoms with Crippen LogP contribution in [0.4, 0.5) is 0 Å². The van der Waals surface area contributed by atoms with E-state index < -0.39 is 21.8 Å². The Morgan fingerprint density at radius 3 is 2.19 bits per heavy atom. The predicted octanol–water partition coefficient (Wildman–Crippen LogP) is 2.79. The molecule has 27 heavy (non-hydrogen) atoms. The van der Waals surface area contributed by atoms with E-state index in [1.54, 1.807) is 12.1 Å². The van der Waals surface area contributed by atoms with Gasteiger partial charge in [-0.1, -0.05) is 54.6 Å². The van der Waals surface area contributed by atoms with E-state index in [1.807, 2.05) is 42.5 Å². The molecule has 1 aliphatic rings.